The van der Waals surface area contributed by atoms with Crippen molar-refractivity contribution in [1.29, 1.82) is 0 Å². The minimum absolute atomic E-state index is 0.222. The van der Waals surface area contributed by atoms with Crippen LogP contribution in [0.2, 0.25) is 5.02 Å². The predicted molar refractivity (Wildman–Crippen MR) is 86.2 cm³/mol. The van der Waals surface area contributed by atoms with Crippen LogP contribution in [0.1, 0.15) is 45.3 Å². The Kier molecular flexibility index (Phi) is 5.26. The average molecular weight is 308 g/mol. The second-order valence-corrected chi connectivity index (χ2v) is 5.72. The lowest BCUT2D eigenvalue weighted by atomic mass is 10.1. The van der Waals surface area contributed by atoms with E-state index in [2.05, 4.69) is 38.1 Å². The summed E-state index contributed by atoms with van der Waals surface area (Å²) in [5, 5.41) is 8.31. The molecule has 0 radical (unpaired) electrons. The van der Waals surface area contributed by atoms with Gasteiger partial charge in [-0.25, -0.2) is 0 Å². The summed E-state index contributed by atoms with van der Waals surface area (Å²) in [6, 6.07) is 6.31. The van der Waals surface area contributed by atoms with E-state index in [1.165, 1.54) is 0 Å². The molecule has 0 aliphatic carbocycles. The van der Waals surface area contributed by atoms with Gasteiger partial charge >= 0.3 is 0 Å². The number of halogens is 1. The van der Waals surface area contributed by atoms with Gasteiger partial charge in [-0.3, -0.25) is 4.68 Å². The van der Waals surface area contributed by atoms with E-state index in [9.17, 15) is 0 Å². The van der Waals surface area contributed by atoms with Crippen LogP contribution in [0, 0.1) is 0 Å². The normalized spacial score (nSPS) is 12.7. The molecule has 0 saturated heterocycles. The monoisotopic (exact) mass is 307 g/mol. The van der Waals surface area contributed by atoms with E-state index in [1.54, 1.807) is 6.20 Å². The standard InChI is InChI=1S/C16H22ClN3O/c1-5-18-12(4)15-7-6-13(8-16(15)17)21-14-9-19-20(10-14)11(2)3/h6-12,18H,5H2,1-4H3. The summed E-state index contributed by atoms with van der Waals surface area (Å²) < 4.78 is 7.66. The number of nitrogens with one attached hydrogen (secondary N) is 1. The van der Waals surface area contributed by atoms with Crippen LogP contribution in [-0.4, -0.2) is 16.3 Å². The van der Waals surface area contributed by atoms with E-state index in [0.717, 1.165) is 17.9 Å². The quantitative estimate of drug-likeness (QED) is 0.849. The van der Waals surface area contributed by atoms with Gasteiger partial charge in [0.1, 0.15) is 5.75 Å². The Bertz CT molecular complexity index is 595. The minimum Gasteiger partial charge on any atom is -0.454 e. The molecule has 0 aliphatic rings. The van der Waals surface area contributed by atoms with Crippen molar-refractivity contribution >= 4 is 11.6 Å². The Hall–Kier alpha value is -1.52. The molecule has 2 aromatic rings. The van der Waals surface area contributed by atoms with Gasteiger partial charge in [0.25, 0.3) is 0 Å². The van der Waals surface area contributed by atoms with Gasteiger partial charge in [0.15, 0.2) is 5.75 Å². The molecule has 1 aromatic heterocycles. The molecule has 0 amide bonds. The zero-order chi connectivity index (χ0) is 15.4. The molecule has 0 fully saturated rings. The Balaban J connectivity index is 2.12. The summed E-state index contributed by atoms with van der Waals surface area (Å²) in [4.78, 5) is 0. The smallest absolute Gasteiger partial charge is 0.165 e. The minimum atomic E-state index is 0.222. The average Bonchev–Trinajstić information content (AvgIpc) is 2.87. The van der Waals surface area contributed by atoms with Crippen LogP contribution in [0.5, 0.6) is 11.5 Å². The number of hydrogen-bond acceptors (Lipinski definition) is 3. The lowest BCUT2D eigenvalue weighted by Crippen LogP contribution is -2.17. The first-order valence-corrected chi connectivity index (χ1v) is 7.64. The third-order valence-electron chi connectivity index (χ3n) is 3.29. The van der Waals surface area contributed by atoms with Crippen LogP contribution < -0.4 is 10.1 Å². The van der Waals surface area contributed by atoms with Crippen LogP contribution in [0.3, 0.4) is 0 Å². The first-order valence-electron chi connectivity index (χ1n) is 7.26. The van der Waals surface area contributed by atoms with Gasteiger partial charge in [-0.2, -0.15) is 5.10 Å². The summed E-state index contributed by atoms with van der Waals surface area (Å²) in [5.41, 5.74) is 1.07. The fourth-order valence-corrected chi connectivity index (χ4v) is 2.46. The highest BCUT2D eigenvalue weighted by Gasteiger charge is 2.10. The number of hydrogen-bond donors (Lipinski definition) is 1. The summed E-state index contributed by atoms with van der Waals surface area (Å²) in [6.07, 6.45) is 3.59. The highest BCUT2D eigenvalue weighted by Crippen LogP contribution is 2.30. The third-order valence-corrected chi connectivity index (χ3v) is 3.62. The van der Waals surface area contributed by atoms with Crippen LogP contribution in [-0.2, 0) is 0 Å². The van der Waals surface area contributed by atoms with Gasteiger partial charge < -0.3 is 10.1 Å². The SMILES string of the molecule is CCNC(C)c1ccc(Oc2cnn(C(C)C)c2)cc1Cl. The van der Waals surface area contributed by atoms with Gasteiger partial charge in [0, 0.05) is 17.1 Å². The molecule has 1 N–H and O–H groups in total. The van der Waals surface area contributed by atoms with Crippen molar-refractivity contribution < 1.29 is 4.74 Å². The maximum Gasteiger partial charge on any atom is 0.165 e. The topological polar surface area (TPSA) is 39.1 Å². The van der Waals surface area contributed by atoms with E-state index in [4.69, 9.17) is 16.3 Å². The van der Waals surface area contributed by atoms with Crippen LogP contribution >= 0.6 is 11.6 Å². The molecule has 21 heavy (non-hydrogen) atoms. The summed E-state index contributed by atoms with van der Waals surface area (Å²) in [5.74, 6) is 1.43. The molecule has 1 unspecified atom stereocenters. The van der Waals surface area contributed by atoms with Crippen molar-refractivity contribution in [3.8, 4) is 11.5 Å². The molecule has 1 heterocycles. The van der Waals surface area contributed by atoms with E-state index >= 15 is 0 Å². The zero-order valence-corrected chi connectivity index (χ0v) is 13.7. The fourth-order valence-electron chi connectivity index (χ4n) is 2.13. The second-order valence-electron chi connectivity index (χ2n) is 5.31. The maximum atomic E-state index is 6.34. The Morgan fingerprint density at radius 1 is 1.29 bits per heavy atom. The van der Waals surface area contributed by atoms with E-state index < -0.39 is 0 Å². The van der Waals surface area contributed by atoms with Gasteiger partial charge in [-0.05, 0) is 45.0 Å². The molecule has 0 aliphatic heterocycles. The highest BCUT2D eigenvalue weighted by molar-refractivity contribution is 6.31. The molecule has 0 bridgehead atoms. The number of ether oxygens (including phenoxy) is 1. The Morgan fingerprint density at radius 3 is 2.62 bits per heavy atom. The summed E-state index contributed by atoms with van der Waals surface area (Å²) >= 11 is 6.34. The Morgan fingerprint density at radius 2 is 2.05 bits per heavy atom. The zero-order valence-electron chi connectivity index (χ0n) is 12.9. The van der Waals surface area contributed by atoms with E-state index in [0.29, 0.717) is 16.8 Å². The molecule has 1 atom stereocenters. The molecule has 0 spiro atoms. The van der Waals surface area contributed by atoms with E-state index in [1.807, 2.05) is 29.1 Å². The lowest BCUT2D eigenvalue weighted by Gasteiger charge is -2.15. The number of aromatic nitrogens is 2. The largest absolute Gasteiger partial charge is 0.454 e. The van der Waals surface area contributed by atoms with Crippen LogP contribution in [0.25, 0.3) is 0 Å². The van der Waals surface area contributed by atoms with Gasteiger partial charge in [0.2, 0.25) is 0 Å². The van der Waals surface area contributed by atoms with Crippen LogP contribution in [0.15, 0.2) is 30.6 Å². The predicted octanol–water partition coefficient (Wildman–Crippen LogP) is 4.58. The summed E-state index contributed by atoms with van der Waals surface area (Å²) in [6.45, 7) is 9.23. The summed E-state index contributed by atoms with van der Waals surface area (Å²) in [7, 11) is 0. The van der Waals surface area contributed by atoms with Crippen molar-refractivity contribution in [3.05, 3.63) is 41.2 Å². The maximum absolute atomic E-state index is 6.34. The molecular formula is C16H22ClN3O. The molecule has 4 nitrogen and oxygen atoms in total. The second kappa shape index (κ2) is 6.96. The van der Waals surface area contributed by atoms with Crippen molar-refractivity contribution in [2.24, 2.45) is 0 Å². The molecule has 2 rings (SSSR count). The number of benzene rings is 1. The first kappa shape index (κ1) is 15.9. The highest BCUT2D eigenvalue weighted by atomic mass is 35.5. The van der Waals surface area contributed by atoms with Crippen molar-refractivity contribution in [3.63, 3.8) is 0 Å². The van der Waals surface area contributed by atoms with Crippen molar-refractivity contribution in [1.82, 2.24) is 15.1 Å². The number of rotatable bonds is 6. The van der Waals surface area contributed by atoms with Crippen molar-refractivity contribution in [2.45, 2.75) is 39.8 Å². The Labute approximate surface area is 131 Å². The fraction of sp³-hybridized carbons (Fsp3) is 0.438. The molecule has 5 heteroatoms. The van der Waals surface area contributed by atoms with E-state index in [-0.39, 0.29) is 6.04 Å². The molecule has 0 saturated carbocycles. The number of nitrogens with zero attached hydrogens (tertiary/aromatic N) is 2. The van der Waals surface area contributed by atoms with Crippen LogP contribution in [0.4, 0.5) is 0 Å². The molecule has 1 aromatic carbocycles. The lowest BCUT2D eigenvalue weighted by molar-refractivity contribution is 0.476. The van der Waals surface area contributed by atoms with Gasteiger partial charge in [-0.1, -0.05) is 24.6 Å². The molecule has 114 valence electrons. The first-order chi connectivity index (χ1) is 10.0. The third kappa shape index (κ3) is 3.99. The van der Waals surface area contributed by atoms with Gasteiger partial charge in [0.05, 0.1) is 12.4 Å². The molecular weight excluding hydrogens is 286 g/mol. The van der Waals surface area contributed by atoms with Crippen molar-refractivity contribution in [2.75, 3.05) is 6.54 Å². The van der Waals surface area contributed by atoms with Gasteiger partial charge in [-0.15, -0.1) is 0 Å².